The normalized spacial score (nSPS) is 44.8. The largest absolute Gasteiger partial charge is 0.395 e. The number of fused-ring (bicyclic) bond motifs is 2. The van der Waals surface area contributed by atoms with Crippen molar-refractivity contribution in [2.75, 3.05) is 6.61 Å². The van der Waals surface area contributed by atoms with Crippen molar-refractivity contribution in [3.63, 3.8) is 0 Å². The lowest BCUT2D eigenvalue weighted by molar-refractivity contribution is 0.207. The third-order valence-corrected chi connectivity index (χ3v) is 2.26. The first kappa shape index (κ1) is 5.24. The van der Waals surface area contributed by atoms with E-state index in [1.54, 1.807) is 0 Å². The summed E-state index contributed by atoms with van der Waals surface area (Å²) in [6.07, 6.45) is 9.70. The van der Waals surface area contributed by atoms with Crippen LogP contribution in [-0.2, 0) is 0 Å². The molecular weight excluding hydrogens is 112 g/mol. The third kappa shape index (κ3) is 0.583. The molecule has 48 valence electrons. The van der Waals surface area contributed by atoms with Gasteiger partial charge >= 0.3 is 0 Å². The van der Waals surface area contributed by atoms with Gasteiger partial charge in [-0.2, -0.15) is 0 Å². The Morgan fingerprint density at radius 1 is 1.44 bits per heavy atom. The first-order chi connectivity index (χ1) is 4.35. The lowest BCUT2D eigenvalue weighted by Gasteiger charge is -2.15. The standard InChI is InChI=1S/C8H10O/c9-6-8-3-1-7(5-8)2-4-8/h1-4,7,9H,5-6H2. The molecule has 0 saturated carbocycles. The van der Waals surface area contributed by atoms with Gasteiger partial charge in [0.2, 0.25) is 0 Å². The van der Waals surface area contributed by atoms with E-state index >= 15 is 0 Å². The zero-order valence-corrected chi connectivity index (χ0v) is 5.25. The van der Waals surface area contributed by atoms with Crippen LogP contribution in [0.4, 0.5) is 0 Å². The Bertz CT molecular complexity index is 165. The highest BCUT2D eigenvalue weighted by atomic mass is 16.3. The third-order valence-electron chi connectivity index (χ3n) is 2.26. The van der Waals surface area contributed by atoms with Crippen LogP contribution < -0.4 is 0 Å². The van der Waals surface area contributed by atoms with E-state index in [9.17, 15) is 0 Å². The molecule has 0 aliphatic heterocycles. The molecule has 0 atom stereocenters. The minimum Gasteiger partial charge on any atom is -0.395 e. The Morgan fingerprint density at radius 2 is 2.11 bits per heavy atom. The van der Waals surface area contributed by atoms with Crippen LogP contribution in [0.5, 0.6) is 0 Å². The molecule has 2 aliphatic carbocycles. The van der Waals surface area contributed by atoms with Crippen molar-refractivity contribution < 1.29 is 5.11 Å². The van der Waals surface area contributed by atoms with Gasteiger partial charge in [0.15, 0.2) is 0 Å². The first-order valence-corrected chi connectivity index (χ1v) is 3.34. The maximum atomic E-state index is 8.94. The van der Waals surface area contributed by atoms with Crippen molar-refractivity contribution in [1.29, 1.82) is 0 Å². The fourth-order valence-electron chi connectivity index (χ4n) is 1.63. The summed E-state index contributed by atoms with van der Waals surface area (Å²) < 4.78 is 0. The van der Waals surface area contributed by atoms with Gasteiger partial charge in [0, 0.05) is 5.41 Å². The van der Waals surface area contributed by atoms with Gasteiger partial charge in [0.1, 0.15) is 0 Å². The van der Waals surface area contributed by atoms with Crippen LogP contribution in [0, 0.1) is 11.3 Å². The van der Waals surface area contributed by atoms with E-state index in [4.69, 9.17) is 5.11 Å². The molecule has 1 N–H and O–H groups in total. The van der Waals surface area contributed by atoms with Gasteiger partial charge in [-0.1, -0.05) is 24.3 Å². The Morgan fingerprint density at radius 3 is 2.33 bits per heavy atom. The summed E-state index contributed by atoms with van der Waals surface area (Å²) >= 11 is 0. The van der Waals surface area contributed by atoms with Gasteiger partial charge in [-0.15, -0.1) is 0 Å². The number of allylic oxidation sites excluding steroid dienone is 2. The molecule has 2 rings (SSSR count). The molecule has 0 radical (unpaired) electrons. The first-order valence-electron chi connectivity index (χ1n) is 3.34. The number of hydrogen-bond donors (Lipinski definition) is 1. The molecule has 0 aromatic heterocycles. The van der Waals surface area contributed by atoms with Crippen LogP contribution in [0.15, 0.2) is 24.3 Å². The topological polar surface area (TPSA) is 20.2 Å². The maximum absolute atomic E-state index is 8.94. The molecule has 1 nitrogen and oxygen atoms in total. The summed E-state index contributed by atoms with van der Waals surface area (Å²) in [5.41, 5.74) is 0.0463. The van der Waals surface area contributed by atoms with E-state index in [1.807, 2.05) is 0 Å². The quantitative estimate of drug-likeness (QED) is 0.516. The molecule has 9 heavy (non-hydrogen) atoms. The number of hydrogen-bond acceptors (Lipinski definition) is 1. The summed E-state index contributed by atoms with van der Waals surface area (Å²) in [4.78, 5) is 0. The molecule has 1 heteroatoms. The molecule has 0 amide bonds. The van der Waals surface area contributed by atoms with Gasteiger partial charge < -0.3 is 5.11 Å². The highest BCUT2D eigenvalue weighted by Gasteiger charge is 2.35. The number of aliphatic hydroxyl groups excluding tert-OH is 1. The van der Waals surface area contributed by atoms with E-state index in [0.717, 1.165) is 6.42 Å². The van der Waals surface area contributed by atoms with Crippen LogP contribution in [0.3, 0.4) is 0 Å². The second kappa shape index (κ2) is 1.48. The Balaban J connectivity index is 2.32. The second-order valence-corrected chi connectivity index (χ2v) is 2.98. The van der Waals surface area contributed by atoms with Crippen molar-refractivity contribution in [3.05, 3.63) is 24.3 Å². The Labute approximate surface area is 54.7 Å². The molecule has 2 aliphatic rings. The summed E-state index contributed by atoms with van der Waals surface area (Å²) in [5, 5.41) is 8.94. The fourth-order valence-corrected chi connectivity index (χ4v) is 1.63. The minimum atomic E-state index is 0.0463. The summed E-state index contributed by atoms with van der Waals surface area (Å²) in [6, 6.07) is 0. The van der Waals surface area contributed by atoms with Crippen molar-refractivity contribution in [3.8, 4) is 0 Å². The van der Waals surface area contributed by atoms with Crippen LogP contribution in [0.1, 0.15) is 6.42 Å². The maximum Gasteiger partial charge on any atom is 0.0557 e. The lowest BCUT2D eigenvalue weighted by Crippen LogP contribution is -2.14. The van der Waals surface area contributed by atoms with E-state index < -0.39 is 0 Å². The van der Waals surface area contributed by atoms with Gasteiger partial charge in [-0.25, -0.2) is 0 Å². The van der Waals surface area contributed by atoms with Crippen molar-refractivity contribution >= 4 is 0 Å². The van der Waals surface area contributed by atoms with Crippen LogP contribution >= 0.6 is 0 Å². The Hall–Kier alpha value is -0.560. The predicted molar refractivity (Wildman–Crippen MR) is 35.9 cm³/mol. The predicted octanol–water partition coefficient (Wildman–Crippen LogP) is 1.11. The zero-order valence-electron chi connectivity index (χ0n) is 5.25. The summed E-state index contributed by atoms with van der Waals surface area (Å²) in [7, 11) is 0. The van der Waals surface area contributed by atoms with Crippen LogP contribution in [0.25, 0.3) is 0 Å². The average molecular weight is 122 g/mol. The monoisotopic (exact) mass is 122 g/mol. The van der Waals surface area contributed by atoms with E-state index in [-0.39, 0.29) is 12.0 Å². The molecule has 2 bridgehead atoms. The smallest absolute Gasteiger partial charge is 0.0557 e. The van der Waals surface area contributed by atoms with Gasteiger partial charge in [0.25, 0.3) is 0 Å². The summed E-state index contributed by atoms with van der Waals surface area (Å²) in [6.45, 7) is 0.274. The van der Waals surface area contributed by atoms with E-state index in [0.29, 0.717) is 5.92 Å². The van der Waals surface area contributed by atoms with E-state index in [1.165, 1.54) is 0 Å². The van der Waals surface area contributed by atoms with Crippen molar-refractivity contribution in [2.45, 2.75) is 6.42 Å². The minimum absolute atomic E-state index is 0.0463. The SMILES string of the molecule is OCC12C=CC(C=C1)C2. The molecule has 0 heterocycles. The average Bonchev–Trinajstić information content (AvgIpc) is 2.46. The molecule has 0 saturated heterocycles. The van der Waals surface area contributed by atoms with Crippen LogP contribution in [-0.4, -0.2) is 11.7 Å². The van der Waals surface area contributed by atoms with Gasteiger partial charge in [0.05, 0.1) is 6.61 Å². The molecule has 0 aromatic rings. The lowest BCUT2D eigenvalue weighted by atomic mass is 9.92. The Kier molecular flexibility index (Phi) is 0.862. The summed E-state index contributed by atoms with van der Waals surface area (Å²) in [5.74, 6) is 0.622. The van der Waals surface area contributed by atoms with Gasteiger partial charge in [-0.05, 0) is 12.3 Å². The highest BCUT2D eigenvalue weighted by molar-refractivity contribution is 5.29. The molecule has 0 aromatic carbocycles. The fraction of sp³-hybridized carbons (Fsp3) is 0.500. The number of aliphatic hydroxyl groups is 1. The van der Waals surface area contributed by atoms with Crippen LogP contribution in [0.2, 0.25) is 0 Å². The second-order valence-electron chi connectivity index (χ2n) is 2.98. The number of rotatable bonds is 1. The molecular formula is C8H10O. The van der Waals surface area contributed by atoms with Crippen molar-refractivity contribution in [2.24, 2.45) is 11.3 Å². The van der Waals surface area contributed by atoms with E-state index in [2.05, 4.69) is 24.3 Å². The zero-order chi connectivity index (χ0) is 6.32. The van der Waals surface area contributed by atoms with Gasteiger partial charge in [-0.3, -0.25) is 0 Å². The molecule has 0 spiro atoms. The molecule has 0 fully saturated rings. The highest BCUT2D eigenvalue weighted by Crippen LogP contribution is 2.42. The van der Waals surface area contributed by atoms with Crippen molar-refractivity contribution in [1.82, 2.24) is 0 Å². The molecule has 0 unspecified atom stereocenters.